The normalized spacial score (nSPS) is 12.4. The first-order valence-electron chi connectivity index (χ1n) is 5.80. The molecule has 18 heavy (non-hydrogen) atoms. The van der Waals surface area contributed by atoms with E-state index in [1.807, 2.05) is 43.3 Å². The molecule has 0 radical (unpaired) electrons. The third-order valence-electron chi connectivity index (χ3n) is 2.80. The van der Waals surface area contributed by atoms with Crippen LogP contribution in [0.1, 0.15) is 17.3 Å². The van der Waals surface area contributed by atoms with Gasteiger partial charge in [-0.3, -0.25) is 4.79 Å². The Kier molecular flexibility index (Phi) is 3.99. The summed E-state index contributed by atoms with van der Waals surface area (Å²) in [6.07, 6.45) is 0. The Morgan fingerprint density at radius 3 is 2.67 bits per heavy atom. The van der Waals surface area contributed by atoms with Crippen LogP contribution in [0.5, 0.6) is 0 Å². The maximum atomic E-state index is 11.9. The average Bonchev–Trinajstić information content (AvgIpc) is 2.37. The van der Waals surface area contributed by atoms with E-state index in [1.165, 1.54) is 0 Å². The molecule has 3 nitrogen and oxygen atoms in total. The molecule has 2 rings (SSSR count). The van der Waals surface area contributed by atoms with E-state index in [1.54, 1.807) is 0 Å². The number of carbonyl (C=O) groups is 1. The molecule has 0 aromatic heterocycles. The van der Waals surface area contributed by atoms with Crippen LogP contribution in [-0.4, -0.2) is 18.5 Å². The summed E-state index contributed by atoms with van der Waals surface area (Å²) in [5.41, 5.74) is 6.14. The van der Waals surface area contributed by atoms with E-state index in [9.17, 15) is 4.79 Å². The fourth-order valence-corrected chi connectivity index (χ4v) is 2.10. The quantitative estimate of drug-likeness (QED) is 0.916. The molecule has 2 aromatic rings. The first-order chi connectivity index (χ1) is 8.60. The molecule has 1 amide bonds. The van der Waals surface area contributed by atoms with Crippen molar-refractivity contribution in [2.24, 2.45) is 5.73 Å². The third-order valence-corrected chi connectivity index (χ3v) is 3.29. The lowest BCUT2D eigenvalue weighted by Crippen LogP contribution is -2.37. The van der Waals surface area contributed by atoms with Crippen LogP contribution in [0.25, 0.3) is 10.8 Å². The highest BCUT2D eigenvalue weighted by atomic mass is 79.9. The van der Waals surface area contributed by atoms with Crippen molar-refractivity contribution < 1.29 is 4.79 Å². The number of halogens is 1. The Morgan fingerprint density at radius 2 is 1.94 bits per heavy atom. The van der Waals surface area contributed by atoms with Gasteiger partial charge in [0.2, 0.25) is 0 Å². The zero-order chi connectivity index (χ0) is 13.1. The molecule has 0 aliphatic rings. The van der Waals surface area contributed by atoms with Gasteiger partial charge in [-0.2, -0.15) is 0 Å². The summed E-state index contributed by atoms with van der Waals surface area (Å²) in [4.78, 5) is 11.9. The number of carbonyl (C=O) groups excluding carboxylic acids is 1. The number of nitrogens with two attached hydrogens (primary N) is 1. The monoisotopic (exact) mass is 306 g/mol. The Balaban J connectivity index is 2.30. The van der Waals surface area contributed by atoms with Crippen LogP contribution in [0, 0.1) is 0 Å². The fourth-order valence-electron chi connectivity index (χ4n) is 1.72. The van der Waals surface area contributed by atoms with Crippen LogP contribution in [0.3, 0.4) is 0 Å². The lowest BCUT2D eigenvalue weighted by Gasteiger charge is -2.11. The molecule has 0 saturated heterocycles. The summed E-state index contributed by atoms with van der Waals surface area (Å²) < 4.78 is 1.03. The molecule has 0 heterocycles. The highest BCUT2D eigenvalue weighted by Gasteiger charge is 2.09. The predicted molar refractivity (Wildman–Crippen MR) is 77.6 cm³/mol. The number of benzene rings is 2. The molecular formula is C14H15BrN2O. The minimum absolute atomic E-state index is 0.0156. The van der Waals surface area contributed by atoms with Crippen molar-refractivity contribution in [1.29, 1.82) is 0 Å². The topological polar surface area (TPSA) is 55.1 Å². The molecule has 3 N–H and O–H groups in total. The Bertz CT molecular complexity index is 583. The van der Waals surface area contributed by atoms with Gasteiger partial charge in [-0.25, -0.2) is 0 Å². The highest BCUT2D eigenvalue weighted by molar-refractivity contribution is 9.10. The average molecular weight is 307 g/mol. The van der Waals surface area contributed by atoms with E-state index in [2.05, 4.69) is 21.2 Å². The smallest absolute Gasteiger partial charge is 0.251 e. The fraction of sp³-hybridized carbons (Fsp3) is 0.214. The SMILES string of the molecule is C[C@H](CN)NC(=O)c1ccc2cc(Br)ccc2c1. The predicted octanol–water partition coefficient (Wildman–Crippen LogP) is 2.68. The second-order valence-electron chi connectivity index (χ2n) is 4.32. The number of nitrogens with one attached hydrogen (secondary N) is 1. The van der Waals surface area contributed by atoms with Crippen LogP contribution in [0.15, 0.2) is 40.9 Å². The highest BCUT2D eigenvalue weighted by Crippen LogP contribution is 2.20. The van der Waals surface area contributed by atoms with E-state index in [0.29, 0.717) is 12.1 Å². The van der Waals surface area contributed by atoms with E-state index >= 15 is 0 Å². The lowest BCUT2D eigenvalue weighted by molar-refractivity contribution is 0.0941. The van der Waals surface area contributed by atoms with E-state index in [4.69, 9.17) is 5.73 Å². The molecule has 0 aliphatic heterocycles. The van der Waals surface area contributed by atoms with Crippen molar-refractivity contribution >= 4 is 32.6 Å². The Hall–Kier alpha value is -1.39. The molecule has 0 fully saturated rings. The standard InChI is InChI=1S/C14H15BrN2O/c1-9(8-16)17-14(18)12-3-2-11-7-13(15)5-4-10(11)6-12/h2-7,9H,8,16H2,1H3,(H,17,18)/t9-/m1/s1. The van der Waals surface area contributed by atoms with Gasteiger partial charge in [0.25, 0.3) is 5.91 Å². The van der Waals surface area contributed by atoms with Crippen molar-refractivity contribution in [2.45, 2.75) is 13.0 Å². The molecule has 4 heteroatoms. The van der Waals surface area contributed by atoms with Gasteiger partial charge in [0, 0.05) is 22.6 Å². The van der Waals surface area contributed by atoms with Gasteiger partial charge in [0.15, 0.2) is 0 Å². The van der Waals surface area contributed by atoms with Crippen molar-refractivity contribution in [2.75, 3.05) is 6.54 Å². The Labute approximate surface area is 114 Å². The summed E-state index contributed by atoms with van der Waals surface area (Å²) in [6.45, 7) is 2.32. The van der Waals surface area contributed by atoms with Crippen LogP contribution in [0.2, 0.25) is 0 Å². The first-order valence-corrected chi connectivity index (χ1v) is 6.59. The molecule has 1 atom stereocenters. The molecule has 0 spiro atoms. The number of amides is 1. The zero-order valence-electron chi connectivity index (χ0n) is 10.1. The summed E-state index contributed by atoms with van der Waals surface area (Å²) in [7, 11) is 0. The molecular weight excluding hydrogens is 292 g/mol. The van der Waals surface area contributed by atoms with Crippen molar-refractivity contribution in [3.8, 4) is 0 Å². The largest absolute Gasteiger partial charge is 0.348 e. The third kappa shape index (κ3) is 2.89. The van der Waals surface area contributed by atoms with Gasteiger partial charge in [-0.1, -0.05) is 28.1 Å². The minimum Gasteiger partial charge on any atom is -0.348 e. The maximum absolute atomic E-state index is 11.9. The molecule has 0 bridgehead atoms. The van der Waals surface area contributed by atoms with Gasteiger partial charge in [-0.05, 0) is 42.0 Å². The van der Waals surface area contributed by atoms with Crippen LogP contribution >= 0.6 is 15.9 Å². The second-order valence-corrected chi connectivity index (χ2v) is 5.23. The van der Waals surface area contributed by atoms with Crippen molar-refractivity contribution in [3.63, 3.8) is 0 Å². The van der Waals surface area contributed by atoms with E-state index in [0.717, 1.165) is 15.2 Å². The number of rotatable bonds is 3. The van der Waals surface area contributed by atoms with Crippen LogP contribution in [-0.2, 0) is 0 Å². The van der Waals surface area contributed by atoms with Gasteiger partial charge in [0.1, 0.15) is 0 Å². The summed E-state index contributed by atoms with van der Waals surface area (Å²) in [5, 5.41) is 5.00. The van der Waals surface area contributed by atoms with Crippen LogP contribution in [0.4, 0.5) is 0 Å². The summed E-state index contributed by atoms with van der Waals surface area (Å²) >= 11 is 3.43. The summed E-state index contributed by atoms with van der Waals surface area (Å²) in [5.74, 6) is -0.0854. The van der Waals surface area contributed by atoms with Gasteiger partial charge >= 0.3 is 0 Å². The molecule has 94 valence electrons. The number of hydrogen-bond donors (Lipinski definition) is 2. The molecule has 0 saturated carbocycles. The van der Waals surface area contributed by atoms with Gasteiger partial charge in [-0.15, -0.1) is 0 Å². The minimum atomic E-state index is -0.0854. The molecule has 0 aliphatic carbocycles. The Morgan fingerprint density at radius 1 is 1.28 bits per heavy atom. The van der Waals surface area contributed by atoms with E-state index in [-0.39, 0.29) is 11.9 Å². The van der Waals surface area contributed by atoms with Crippen molar-refractivity contribution in [3.05, 3.63) is 46.4 Å². The number of fused-ring (bicyclic) bond motifs is 1. The van der Waals surface area contributed by atoms with Gasteiger partial charge in [0.05, 0.1) is 0 Å². The second kappa shape index (κ2) is 5.50. The zero-order valence-corrected chi connectivity index (χ0v) is 11.7. The number of hydrogen-bond acceptors (Lipinski definition) is 2. The molecule has 2 aromatic carbocycles. The first kappa shape index (κ1) is 13.1. The van der Waals surface area contributed by atoms with Crippen molar-refractivity contribution in [1.82, 2.24) is 5.32 Å². The summed E-state index contributed by atoms with van der Waals surface area (Å²) in [6, 6.07) is 11.6. The van der Waals surface area contributed by atoms with Crippen LogP contribution < -0.4 is 11.1 Å². The van der Waals surface area contributed by atoms with E-state index < -0.39 is 0 Å². The lowest BCUT2D eigenvalue weighted by atomic mass is 10.1. The maximum Gasteiger partial charge on any atom is 0.251 e. The van der Waals surface area contributed by atoms with Gasteiger partial charge < -0.3 is 11.1 Å². The molecule has 0 unspecified atom stereocenters.